The number of anilines is 1. The molecule has 1 aromatic heterocycles. The Morgan fingerprint density at radius 1 is 1.17 bits per heavy atom. The van der Waals surface area contributed by atoms with Crippen LogP contribution in [0.4, 0.5) is 5.82 Å². The number of aryl methyl sites for hydroxylation is 1. The zero-order valence-corrected chi connectivity index (χ0v) is 11.6. The van der Waals surface area contributed by atoms with Crippen LogP contribution in [-0.2, 0) is 22.7 Å². The van der Waals surface area contributed by atoms with E-state index in [0.717, 1.165) is 43.4 Å². The Morgan fingerprint density at radius 3 is 2.50 bits per heavy atom. The van der Waals surface area contributed by atoms with Crippen molar-refractivity contribution in [3.63, 3.8) is 0 Å². The Bertz CT molecular complexity index is 555. The molecule has 2 N–H and O–H groups in total. The predicted octanol–water partition coefficient (Wildman–Crippen LogP) is 1.43. The van der Waals surface area contributed by atoms with E-state index >= 15 is 0 Å². The van der Waals surface area contributed by atoms with E-state index in [1.807, 2.05) is 0 Å². The second kappa shape index (κ2) is 4.84. The number of fused-ring (bicyclic) bond motifs is 1. The standard InChI is InChI=1S/C12H19N3O2S/c1-8(18(2,16)17)12-14-10-7-5-3-4-6-9(10)11(13)15-12/h8H,3-7H2,1-2H3,(H2,13,14,15). The molecule has 1 heterocycles. The summed E-state index contributed by atoms with van der Waals surface area (Å²) in [5.74, 6) is 0.781. The Labute approximate surface area is 108 Å². The van der Waals surface area contributed by atoms with Gasteiger partial charge in [-0.3, -0.25) is 0 Å². The number of rotatable bonds is 2. The van der Waals surface area contributed by atoms with Crippen LogP contribution in [0, 0.1) is 0 Å². The highest BCUT2D eigenvalue weighted by molar-refractivity contribution is 7.90. The number of nitrogens with two attached hydrogens (primary N) is 1. The molecule has 18 heavy (non-hydrogen) atoms. The summed E-state index contributed by atoms with van der Waals surface area (Å²) < 4.78 is 23.1. The maximum atomic E-state index is 11.6. The molecule has 2 rings (SSSR count). The number of nitrogens with zero attached hydrogens (tertiary/aromatic N) is 2. The molecule has 5 nitrogen and oxygen atoms in total. The average Bonchev–Trinajstić information content (AvgIpc) is 2.52. The average molecular weight is 269 g/mol. The van der Waals surface area contributed by atoms with Gasteiger partial charge in [-0.05, 0) is 32.6 Å². The van der Waals surface area contributed by atoms with Gasteiger partial charge in [-0.1, -0.05) is 6.42 Å². The summed E-state index contributed by atoms with van der Waals surface area (Å²) in [5, 5.41) is -0.701. The molecule has 0 aromatic carbocycles. The molecular weight excluding hydrogens is 250 g/mol. The summed E-state index contributed by atoms with van der Waals surface area (Å²) in [6.45, 7) is 1.60. The van der Waals surface area contributed by atoms with Crippen molar-refractivity contribution >= 4 is 15.7 Å². The number of hydrogen-bond donors (Lipinski definition) is 1. The fraction of sp³-hybridized carbons (Fsp3) is 0.667. The molecule has 0 saturated carbocycles. The van der Waals surface area contributed by atoms with Gasteiger partial charge in [-0.15, -0.1) is 0 Å². The highest BCUT2D eigenvalue weighted by Gasteiger charge is 2.23. The van der Waals surface area contributed by atoms with Crippen molar-refractivity contribution in [1.29, 1.82) is 0 Å². The minimum Gasteiger partial charge on any atom is -0.383 e. The maximum absolute atomic E-state index is 11.6. The van der Waals surface area contributed by atoms with E-state index in [2.05, 4.69) is 9.97 Å². The first-order chi connectivity index (χ1) is 8.39. The minimum absolute atomic E-state index is 0.329. The lowest BCUT2D eigenvalue weighted by Gasteiger charge is -2.13. The topological polar surface area (TPSA) is 85.9 Å². The number of aromatic nitrogens is 2. The van der Waals surface area contributed by atoms with Crippen molar-refractivity contribution in [1.82, 2.24) is 9.97 Å². The van der Waals surface area contributed by atoms with Crippen molar-refractivity contribution in [2.45, 2.75) is 44.3 Å². The molecule has 0 radical (unpaired) electrons. The number of sulfone groups is 1. The summed E-state index contributed by atoms with van der Waals surface area (Å²) in [6.07, 6.45) is 6.30. The van der Waals surface area contributed by atoms with E-state index in [9.17, 15) is 8.42 Å². The summed E-state index contributed by atoms with van der Waals surface area (Å²) in [7, 11) is -3.19. The normalized spacial score (nSPS) is 17.9. The lowest BCUT2D eigenvalue weighted by Crippen LogP contribution is -2.15. The molecule has 1 unspecified atom stereocenters. The van der Waals surface area contributed by atoms with Crippen LogP contribution in [0.2, 0.25) is 0 Å². The lowest BCUT2D eigenvalue weighted by atomic mass is 10.1. The summed E-state index contributed by atoms with van der Waals surface area (Å²) in [6, 6.07) is 0. The molecule has 0 saturated heterocycles. The van der Waals surface area contributed by atoms with Gasteiger partial charge in [0.05, 0.1) is 0 Å². The van der Waals surface area contributed by atoms with Crippen LogP contribution in [0.3, 0.4) is 0 Å². The van der Waals surface area contributed by atoms with Crippen LogP contribution in [0.1, 0.15) is 48.5 Å². The zero-order chi connectivity index (χ0) is 13.3. The molecule has 1 atom stereocenters. The smallest absolute Gasteiger partial charge is 0.157 e. The van der Waals surface area contributed by atoms with E-state index in [-0.39, 0.29) is 0 Å². The van der Waals surface area contributed by atoms with Crippen LogP contribution in [0.5, 0.6) is 0 Å². The van der Waals surface area contributed by atoms with Crippen molar-refractivity contribution in [2.24, 2.45) is 0 Å². The molecule has 1 aliphatic rings. The van der Waals surface area contributed by atoms with Gasteiger partial charge in [0, 0.05) is 17.5 Å². The van der Waals surface area contributed by atoms with Gasteiger partial charge in [0.1, 0.15) is 16.9 Å². The monoisotopic (exact) mass is 269 g/mol. The first-order valence-electron chi connectivity index (χ1n) is 6.23. The fourth-order valence-electron chi connectivity index (χ4n) is 2.19. The van der Waals surface area contributed by atoms with Crippen LogP contribution < -0.4 is 5.73 Å². The largest absolute Gasteiger partial charge is 0.383 e. The van der Waals surface area contributed by atoms with Gasteiger partial charge < -0.3 is 5.73 Å². The van der Waals surface area contributed by atoms with Gasteiger partial charge in [0.2, 0.25) is 0 Å². The number of hydrogen-bond acceptors (Lipinski definition) is 5. The van der Waals surface area contributed by atoms with Crippen molar-refractivity contribution in [3.8, 4) is 0 Å². The summed E-state index contributed by atoms with van der Waals surface area (Å²) in [5.41, 5.74) is 7.89. The van der Waals surface area contributed by atoms with Crippen LogP contribution in [-0.4, -0.2) is 24.6 Å². The Morgan fingerprint density at radius 2 is 1.83 bits per heavy atom. The SMILES string of the molecule is CC(c1nc(N)c2c(n1)CCCCC2)S(C)(=O)=O. The number of nitrogen functional groups attached to an aromatic ring is 1. The van der Waals surface area contributed by atoms with Crippen molar-refractivity contribution < 1.29 is 8.42 Å². The van der Waals surface area contributed by atoms with Gasteiger partial charge >= 0.3 is 0 Å². The highest BCUT2D eigenvalue weighted by atomic mass is 32.2. The second-order valence-corrected chi connectivity index (χ2v) is 7.29. The summed E-state index contributed by atoms with van der Waals surface area (Å²) in [4.78, 5) is 8.61. The summed E-state index contributed by atoms with van der Waals surface area (Å²) >= 11 is 0. The Kier molecular flexibility index (Phi) is 3.56. The van der Waals surface area contributed by atoms with Crippen molar-refractivity contribution in [2.75, 3.05) is 12.0 Å². The van der Waals surface area contributed by atoms with E-state index < -0.39 is 15.1 Å². The molecule has 0 bridgehead atoms. The van der Waals surface area contributed by atoms with E-state index in [0.29, 0.717) is 11.6 Å². The molecule has 1 aliphatic carbocycles. The predicted molar refractivity (Wildman–Crippen MR) is 71.0 cm³/mol. The first-order valence-corrected chi connectivity index (χ1v) is 8.19. The van der Waals surface area contributed by atoms with Crippen LogP contribution in [0.25, 0.3) is 0 Å². The Hall–Kier alpha value is -1.17. The zero-order valence-electron chi connectivity index (χ0n) is 10.8. The molecular formula is C12H19N3O2S. The molecule has 0 fully saturated rings. The van der Waals surface area contributed by atoms with Gasteiger partial charge in [-0.2, -0.15) is 0 Å². The third-order valence-corrected chi connectivity index (χ3v) is 4.98. The van der Waals surface area contributed by atoms with Gasteiger partial charge in [-0.25, -0.2) is 18.4 Å². The maximum Gasteiger partial charge on any atom is 0.157 e. The fourth-order valence-corrected chi connectivity index (χ4v) is 2.68. The third kappa shape index (κ3) is 2.63. The quantitative estimate of drug-likeness (QED) is 0.821. The first kappa shape index (κ1) is 13.3. The Balaban J connectivity index is 2.47. The minimum atomic E-state index is -3.19. The third-order valence-electron chi connectivity index (χ3n) is 3.49. The van der Waals surface area contributed by atoms with Crippen molar-refractivity contribution in [3.05, 3.63) is 17.1 Å². The van der Waals surface area contributed by atoms with E-state index in [1.54, 1.807) is 6.92 Å². The molecule has 1 aromatic rings. The van der Waals surface area contributed by atoms with Crippen LogP contribution in [0.15, 0.2) is 0 Å². The highest BCUT2D eigenvalue weighted by Crippen LogP contribution is 2.26. The molecule has 0 spiro atoms. The van der Waals surface area contributed by atoms with Gasteiger partial charge in [0.25, 0.3) is 0 Å². The van der Waals surface area contributed by atoms with E-state index in [4.69, 9.17) is 5.73 Å². The molecule has 6 heteroatoms. The molecule has 0 amide bonds. The molecule has 100 valence electrons. The van der Waals surface area contributed by atoms with E-state index in [1.165, 1.54) is 6.26 Å². The van der Waals surface area contributed by atoms with Crippen LogP contribution >= 0.6 is 0 Å². The van der Waals surface area contributed by atoms with Gasteiger partial charge in [0.15, 0.2) is 9.84 Å². The second-order valence-electron chi connectivity index (χ2n) is 4.92. The lowest BCUT2D eigenvalue weighted by molar-refractivity contribution is 0.588. The molecule has 0 aliphatic heterocycles.